The lowest BCUT2D eigenvalue weighted by atomic mass is 9.77. The van der Waals surface area contributed by atoms with Crippen molar-refractivity contribution in [3.63, 3.8) is 0 Å². The Balaban J connectivity index is 2.13. The zero-order valence-electron chi connectivity index (χ0n) is 12.0. The molecule has 19 heavy (non-hydrogen) atoms. The lowest BCUT2D eigenvalue weighted by Gasteiger charge is -2.41. The van der Waals surface area contributed by atoms with Crippen LogP contribution in [0.5, 0.6) is 0 Å². The quantitative estimate of drug-likeness (QED) is 0.753. The van der Waals surface area contributed by atoms with Gasteiger partial charge in [-0.1, -0.05) is 31.2 Å². The van der Waals surface area contributed by atoms with E-state index >= 15 is 0 Å². The van der Waals surface area contributed by atoms with Crippen molar-refractivity contribution in [1.82, 2.24) is 5.32 Å². The van der Waals surface area contributed by atoms with Gasteiger partial charge in [-0.05, 0) is 43.2 Å². The second-order valence-electron chi connectivity index (χ2n) is 6.02. The molecule has 3 unspecified atom stereocenters. The zero-order chi connectivity index (χ0) is 13.9. The van der Waals surface area contributed by atoms with Crippen molar-refractivity contribution in [2.75, 3.05) is 13.2 Å². The van der Waals surface area contributed by atoms with Crippen molar-refractivity contribution >= 4 is 0 Å². The summed E-state index contributed by atoms with van der Waals surface area (Å²) in [5, 5.41) is 13.0. The number of hydrogen-bond acceptors (Lipinski definition) is 3. The normalized spacial score (nSPS) is 25.7. The smallest absolute Gasteiger partial charge is 0.0471 e. The molecule has 3 nitrogen and oxygen atoms in total. The van der Waals surface area contributed by atoms with Gasteiger partial charge in [-0.25, -0.2) is 0 Å². The molecule has 1 aliphatic carbocycles. The minimum Gasteiger partial charge on any atom is -0.396 e. The van der Waals surface area contributed by atoms with Crippen LogP contribution in [0, 0.1) is 5.92 Å². The summed E-state index contributed by atoms with van der Waals surface area (Å²) in [6.07, 6.45) is 3.14. The van der Waals surface area contributed by atoms with Gasteiger partial charge in [0.1, 0.15) is 0 Å². The molecule has 3 atom stereocenters. The van der Waals surface area contributed by atoms with E-state index in [9.17, 15) is 5.11 Å². The topological polar surface area (TPSA) is 58.3 Å². The SMILES string of the molecule is CC(CO)C(C)NC1(CN)CCc2ccccc2C1. The molecule has 1 aromatic carbocycles. The summed E-state index contributed by atoms with van der Waals surface area (Å²) < 4.78 is 0. The summed E-state index contributed by atoms with van der Waals surface area (Å²) in [6.45, 7) is 5.06. The maximum atomic E-state index is 9.28. The maximum Gasteiger partial charge on any atom is 0.0471 e. The number of nitrogens with two attached hydrogens (primary N) is 1. The first-order chi connectivity index (χ1) is 9.10. The van der Waals surface area contributed by atoms with Crippen molar-refractivity contribution in [3.8, 4) is 0 Å². The van der Waals surface area contributed by atoms with Gasteiger partial charge in [-0.3, -0.25) is 0 Å². The highest BCUT2D eigenvalue weighted by Crippen LogP contribution is 2.29. The van der Waals surface area contributed by atoms with E-state index in [2.05, 4.69) is 43.4 Å². The second-order valence-corrected chi connectivity index (χ2v) is 6.02. The molecule has 3 heteroatoms. The van der Waals surface area contributed by atoms with Gasteiger partial charge in [0.25, 0.3) is 0 Å². The van der Waals surface area contributed by atoms with Crippen LogP contribution in [0.2, 0.25) is 0 Å². The molecule has 0 saturated heterocycles. The van der Waals surface area contributed by atoms with Crippen LogP contribution in [0.15, 0.2) is 24.3 Å². The third kappa shape index (κ3) is 3.16. The molecule has 0 aliphatic heterocycles. The summed E-state index contributed by atoms with van der Waals surface area (Å²) in [5.41, 5.74) is 8.91. The van der Waals surface area contributed by atoms with Crippen LogP contribution in [-0.4, -0.2) is 29.8 Å². The molecule has 1 aliphatic rings. The van der Waals surface area contributed by atoms with E-state index in [1.807, 2.05) is 0 Å². The monoisotopic (exact) mass is 262 g/mol. The highest BCUT2D eigenvalue weighted by Gasteiger charge is 2.34. The third-order valence-corrected chi connectivity index (χ3v) is 4.59. The van der Waals surface area contributed by atoms with E-state index in [1.165, 1.54) is 11.1 Å². The fourth-order valence-corrected chi connectivity index (χ4v) is 2.94. The minimum atomic E-state index is -0.0167. The Morgan fingerprint density at radius 1 is 1.32 bits per heavy atom. The molecule has 0 fully saturated rings. The van der Waals surface area contributed by atoms with Crippen molar-refractivity contribution in [2.45, 2.75) is 44.7 Å². The first-order valence-corrected chi connectivity index (χ1v) is 7.25. The van der Waals surface area contributed by atoms with E-state index in [1.54, 1.807) is 0 Å². The van der Waals surface area contributed by atoms with E-state index in [0.717, 1.165) is 19.3 Å². The summed E-state index contributed by atoms with van der Waals surface area (Å²) >= 11 is 0. The molecule has 2 rings (SSSR count). The summed E-state index contributed by atoms with van der Waals surface area (Å²) in [5.74, 6) is 0.251. The lowest BCUT2D eigenvalue weighted by Crippen LogP contribution is -2.59. The molecule has 0 spiro atoms. The fourth-order valence-electron chi connectivity index (χ4n) is 2.94. The Morgan fingerprint density at radius 2 is 2.00 bits per heavy atom. The Hall–Kier alpha value is -0.900. The third-order valence-electron chi connectivity index (χ3n) is 4.59. The highest BCUT2D eigenvalue weighted by molar-refractivity contribution is 5.32. The minimum absolute atomic E-state index is 0.0167. The molecule has 0 aromatic heterocycles. The number of rotatable bonds is 5. The van der Waals surface area contributed by atoms with E-state index in [-0.39, 0.29) is 24.1 Å². The van der Waals surface area contributed by atoms with Gasteiger partial charge >= 0.3 is 0 Å². The predicted molar refractivity (Wildman–Crippen MR) is 79.1 cm³/mol. The molecule has 0 heterocycles. The van der Waals surface area contributed by atoms with Gasteiger partial charge in [0, 0.05) is 24.7 Å². The fraction of sp³-hybridized carbons (Fsp3) is 0.625. The van der Waals surface area contributed by atoms with Gasteiger partial charge in [0.15, 0.2) is 0 Å². The molecule has 0 amide bonds. The molecular formula is C16H26N2O. The van der Waals surface area contributed by atoms with Crippen molar-refractivity contribution < 1.29 is 5.11 Å². The molecule has 0 bridgehead atoms. The Kier molecular flexibility index (Phi) is 4.61. The summed E-state index contributed by atoms with van der Waals surface area (Å²) in [7, 11) is 0. The molecule has 4 N–H and O–H groups in total. The van der Waals surface area contributed by atoms with Crippen LogP contribution in [0.25, 0.3) is 0 Å². The van der Waals surface area contributed by atoms with Crippen molar-refractivity contribution in [1.29, 1.82) is 0 Å². The molecular weight excluding hydrogens is 236 g/mol. The summed E-state index contributed by atoms with van der Waals surface area (Å²) in [4.78, 5) is 0. The number of aliphatic hydroxyl groups is 1. The predicted octanol–water partition coefficient (Wildman–Crippen LogP) is 1.48. The number of benzene rings is 1. The maximum absolute atomic E-state index is 9.28. The molecule has 106 valence electrons. The van der Waals surface area contributed by atoms with E-state index in [4.69, 9.17) is 5.73 Å². The Morgan fingerprint density at radius 3 is 2.63 bits per heavy atom. The number of hydrogen-bond donors (Lipinski definition) is 3. The Bertz CT molecular complexity index is 421. The van der Waals surface area contributed by atoms with Crippen LogP contribution < -0.4 is 11.1 Å². The van der Waals surface area contributed by atoms with E-state index in [0.29, 0.717) is 6.54 Å². The number of nitrogens with one attached hydrogen (secondary N) is 1. The molecule has 0 radical (unpaired) electrons. The van der Waals surface area contributed by atoms with Crippen LogP contribution >= 0.6 is 0 Å². The number of aliphatic hydroxyl groups excluding tert-OH is 1. The van der Waals surface area contributed by atoms with Gasteiger partial charge in [-0.15, -0.1) is 0 Å². The van der Waals surface area contributed by atoms with Crippen LogP contribution in [0.3, 0.4) is 0 Å². The van der Waals surface area contributed by atoms with Gasteiger partial charge in [0.05, 0.1) is 0 Å². The molecule has 0 saturated carbocycles. The average molecular weight is 262 g/mol. The summed E-state index contributed by atoms with van der Waals surface area (Å²) in [6, 6.07) is 8.92. The number of aryl methyl sites for hydroxylation is 1. The van der Waals surface area contributed by atoms with Gasteiger partial charge in [0.2, 0.25) is 0 Å². The molecule has 1 aromatic rings. The first-order valence-electron chi connectivity index (χ1n) is 7.25. The van der Waals surface area contributed by atoms with E-state index < -0.39 is 0 Å². The first kappa shape index (κ1) is 14.5. The second kappa shape index (κ2) is 6.04. The highest BCUT2D eigenvalue weighted by atomic mass is 16.3. The Labute approximate surface area is 116 Å². The van der Waals surface area contributed by atoms with Crippen LogP contribution in [0.4, 0.5) is 0 Å². The number of fused-ring (bicyclic) bond motifs is 1. The van der Waals surface area contributed by atoms with Crippen LogP contribution in [0.1, 0.15) is 31.4 Å². The zero-order valence-corrected chi connectivity index (χ0v) is 12.0. The van der Waals surface area contributed by atoms with Gasteiger partial charge < -0.3 is 16.2 Å². The standard InChI is InChI=1S/C16H26N2O/c1-12(10-19)13(2)18-16(11-17)8-7-14-5-3-4-6-15(14)9-16/h3-6,12-13,18-19H,7-11,17H2,1-2H3. The average Bonchev–Trinajstić information content (AvgIpc) is 2.46. The van der Waals surface area contributed by atoms with Gasteiger partial charge in [-0.2, -0.15) is 0 Å². The van der Waals surface area contributed by atoms with Crippen molar-refractivity contribution in [3.05, 3.63) is 35.4 Å². The largest absolute Gasteiger partial charge is 0.396 e. The van der Waals surface area contributed by atoms with Crippen LogP contribution in [-0.2, 0) is 12.8 Å². The van der Waals surface area contributed by atoms with Crippen molar-refractivity contribution in [2.24, 2.45) is 11.7 Å². The lowest BCUT2D eigenvalue weighted by molar-refractivity contribution is 0.172.